The Labute approximate surface area is 177 Å². The number of hydrogen-bond donors (Lipinski definition) is 2. The van der Waals surface area contributed by atoms with Crippen molar-refractivity contribution >= 4 is 11.7 Å². The first-order chi connectivity index (χ1) is 14.6. The second-order valence-electron chi connectivity index (χ2n) is 9.37. The molecule has 3 heterocycles. The van der Waals surface area contributed by atoms with Gasteiger partial charge in [-0.1, -0.05) is 0 Å². The van der Waals surface area contributed by atoms with E-state index < -0.39 is 0 Å². The zero-order valence-corrected chi connectivity index (χ0v) is 17.9. The van der Waals surface area contributed by atoms with Gasteiger partial charge in [0.25, 0.3) is 5.78 Å². The number of ether oxygens (including phenoxy) is 1. The first kappa shape index (κ1) is 19.9. The minimum Gasteiger partial charge on any atom is -0.376 e. The number of nitrogens with one attached hydrogen (secondary N) is 2. The zero-order chi connectivity index (χ0) is 20.7. The van der Waals surface area contributed by atoms with Crippen LogP contribution >= 0.6 is 0 Å². The Kier molecular flexibility index (Phi) is 5.45. The maximum absolute atomic E-state index is 12.9. The summed E-state index contributed by atoms with van der Waals surface area (Å²) in [6, 6.07) is 0.121. The third-order valence-electron chi connectivity index (χ3n) is 7.20. The molecule has 162 valence electrons. The molecule has 2 N–H and O–H groups in total. The highest BCUT2D eigenvalue weighted by Crippen LogP contribution is 2.36. The number of fused-ring (bicyclic) bond motifs is 2. The summed E-state index contributed by atoms with van der Waals surface area (Å²) in [6.07, 6.45) is 7.42. The van der Waals surface area contributed by atoms with E-state index in [1.807, 2.05) is 13.8 Å². The number of carbonyl (C=O) groups is 1. The van der Waals surface area contributed by atoms with Crippen molar-refractivity contribution in [2.45, 2.75) is 64.5 Å². The Morgan fingerprint density at radius 2 is 2.07 bits per heavy atom. The first-order valence-corrected chi connectivity index (χ1v) is 11.4. The Hall–Kier alpha value is -2.06. The number of amides is 1. The van der Waals surface area contributed by atoms with Crippen LogP contribution in [0.25, 0.3) is 5.78 Å². The molecule has 0 spiro atoms. The molecule has 5 rings (SSSR count). The van der Waals surface area contributed by atoms with Gasteiger partial charge in [-0.2, -0.15) is 10.1 Å². The molecule has 2 saturated carbocycles. The zero-order valence-electron chi connectivity index (χ0n) is 17.9. The van der Waals surface area contributed by atoms with Crippen LogP contribution < -0.4 is 10.6 Å². The van der Waals surface area contributed by atoms with Crippen LogP contribution in [0.15, 0.2) is 6.33 Å². The summed E-state index contributed by atoms with van der Waals surface area (Å²) in [5.41, 5.74) is 3.00. The normalized spacial score (nSPS) is 28.6. The minimum absolute atomic E-state index is 0.0990. The average Bonchev–Trinajstić information content (AvgIpc) is 3.23. The van der Waals surface area contributed by atoms with Crippen molar-refractivity contribution in [2.75, 3.05) is 19.7 Å². The van der Waals surface area contributed by atoms with Gasteiger partial charge in [0.2, 0.25) is 5.91 Å². The van der Waals surface area contributed by atoms with Crippen molar-refractivity contribution in [3.8, 4) is 0 Å². The monoisotopic (exact) mass is 412 g/mol. The predicted octanol–water partition coefficient (Wildman–Crippen LogP) is 1.58. The van der Waals surface area contributed by atoms with Crippen LogP contribution in [0.3, 0.4) is 0 Å². The van der Waals surface area contributed by atoms with Crippen molar-refractivity contribution in [3.05, 3.63) is 23.3 Å². The van der Waals surface area contributed by atoms with Crippen molar-refractivity contribution in [2.24, 2.45) is 17.8 Å². The molecule has 1 amide bonds. The fourth-order valence-corrected chi connectivity index (χ4v) is 5.19. The topological polar surface area (TPSA) is 93.4 Å². The van der Waals surface area contributed by atoms with Crippen LogP contribution in [-0.2, 0) is 16.0 Å². The van der Waals surface area contributed by atoms with Crippen molar-refractivity contribution in [1.82, 2.24) is 30.2 Å². The van der Waals surface area contributed by atoms with Gasteiger partial charge in [0, 0.05) is 24.4 Å². The fraction of sp³-hybridized carbons (Fsp3) is 0.727. The SMILES string of the molecule is Cc1nc2ncnn2c(C)c1CCC(=O)N[C@H]1C[C@H]2CNC[C@H]2C[C@@H]1OCC1CC1. The van der Waals surface area contributed by atoms with Crippen LogP contribution in [-0.4, -0.2) is 57.3 Å². The molecule has 0 bridgehead atoms. The molecule has 0 radical (unpaired) electrons. The van der Waals surface area contributed by atoms with E-state index in [2.05, 4.69) is 25.7 Å². The number of aryl methyl sites for hydroxylation is 2. The van der Waals surface area contributed by atoms with Gasteiger partial charge in [0.1, 0.15) is 6.33 Å². The first-order valence-electron chi connectivity index (χ1n) is 11.4. The lowest BCUT2D eigenvalue weighted by atomic mass is 9.77. The van der Waals surface area contributed by atoms with Crippen molar-refractivity contribution in [3.63, 3.8) is 0 Å². The van der Waals surface area contributed by atoms with E-state index in [4.69, 9.17) is 4.74 Å². The number of aromatic nitrogens is 4. The fourth-order valence-electron chi connectivity index (χ4n) is 5.19. The van der Waals surface area contributed by atoms with E-state index >= 15 is 0 Å². The van der Waals surface area contributed by atoms with Gasteiger partial charge < -0.3 is 15.4 Å². The van der Waals surface area contributed by atoms with Gasteiger partial charge in [-0.3, -0.25) is 4.79 Å². The van der Waals surface area contributed by atoms with Crippen LogP contribution in [0.2, 0.25) is 0 Å². The van der Waals surface area contributed by atoms with E-state index in [1.54, 1.807) is 4.52 Å². The van der Waals surface area contributed by atoms with Crippen LogP contribution in [0.5, 0.6) is 0 Å². The standard InChI is InChI=1S/C22H32N6O2/c1-13-18(14(2)28-22(26-13)24-12-25-28)5-6-21(29)27-19-7-16-9-23-10-17(16)8-20(19)30-11-15-3-4-15/h12,15-17,19-20,23H,3-11H2,1-2H3,(H,27,29)/t16-,17+,19-,20-/m0/s1. The van der Waals surface area contributed by atoms with Crippen LogP contribution in [0.1, 0.15) is 49.1 Å². The van der Waals surface area contributed by atoms with Crippen LogP contribution in [0, 0.1) is 31.6 Å². The second kappa shape index (κ2) is 8.23. The van der Waals surface area contributed by atoms with Crippen LogP contribution in [0.4, 0.5) is 0 Å². The number of nitrogens with zero attached hydrogens (tertiary/aromatic N) is 4. The Balaban J connectivity index is 1.22. The van der Waals surface area contributed by atoms with Gasteiger partial charge in [-0.25, -0.2) is 9.50 Å². The second-order valence-corrected chi connectivity index (χ2v) is 9.37. The largest absolute Gasteiger partial charge is 0.376 e. The lowest BCUT2D eigenvalue weighted by molar-refractivity contribution is -0.124. The highest BCUT2D eigenvalue weighted by Gasteiger charge is 2.41. The molecule has 2 aromatic rings. The van der Waals surface area contributed by atoms with Gasteiger partial charge in [-0.15, -0.1) is 0 Å². The maximum atomic E-state index is 12.9. The highest BCUT2D eigenvalue weighted by molar-refractivity contribution is 5.76. The van der Waals surface area contributed by atoms with Gasteiger partial charge in [0.15, 0.2) is 0 Å². The summed E-state index contributed by atoms with van der Waals surface area (Å²) in [6.45, 7) is 6.99. The molecule has 30 heavy (non-hydrogen) atoms. The summed E-state index contributed by atoms with van der Waals surface area (Å²) < 4.78 is 8.04. The summed E-state index contributed by atoms with van der Waals surface area (Å²) >= 11 is 0. The smallest absolute Gasteiger partial charge is 0.252 e. The predicted molar refractivity (Wildman–Crippen MR) is 112 cm³/mol. The average molecular weight is 413 g/mol. The van der Waals surface area contributed by atoms with Crippen molar-refractivity contribution < 1.29 is 9.53 Å². The summed E-state index contributed by atoms with van der Waals surface area (Å²) in [5, 5.41) is 11.1. The Bertz CT molecular complexity index is 924. The molecular formula is C22H32N6O2. The van der Waals surface area contributed by atoms with E-state index in [9.17, 15) is 4.79 Å². The molecule has 3 fully saturated rings. The van der Waals surface area contributed by atoms with Gasteiger partial charge in [-0.05, 0) is 82.4 Å². The molecule has 0 unspecified atom stereocenters. The minimum atomic E-state index is 0.0990. The Morgan fingerprint density at radius 1 is 1.27 bits per heavy atom. The maximum Gasteiger partial charge on any atom is 0.252 e. The van der Waals surface area contributed by atoms with Crippen molar-refractivity contribution in [1.29, 1.82) is 0 Å². The molecular weight excluding hydrogens is 380 g/mol. The third kappa shape index (κ3) is 4.07. The van der Waals surface area contributed by atoms with Gasteiger partial charge >= 0.3 is 0 Å². The summed E-state index contributed by atoms with van der Waals surface area (Å²) in [5.74, 6) is 2.79. The molecule has 1 aliphatic heterocycles. The third-order valence-corrected chi connectivity index (χ3v) is 7.20. The number of hydrogen-bond acceptors (Lipinski definition) is 6. The lowest BCUT2D eigenvalue weighted by Crippen LogP contribution is -2.50. The highest BCUT2D eigenvalue weighted by atomic mass is 16.5. The van der Waals surface area contributed by atoms with E-state index in [-0.39, 0.29) is 18.1 Å². The number of carbonyl (C=O) groups excluding carboxylic acids is 1. The van der Waals surface area contributed by atoms with E-state index in [0.717, 1.165) is 55.4 Å². The lowest BCUT2D eigenvalue weighted by Gasteiger charge is -2.38. The van der Waals surface area contributed by atoms with Gasteiger partial charge in [0.05, 0.1) is 12.1 Å². The van der Waals surface area contributed by atoms with E-state index in [0.29, 0.717) is 30.5 Å². The molecule has 8 nitrogen and oxygen atoms in total. The van der Waals surface area contributed by atoms with E-state index in [1.165, 1.54) is 19.2 Å². The molecule has 2 aromatic heterocycles. The summed E-state index contributed by atoms with van der Waals surface area (Å²) in [7, 11) is 0. The molecule has 4 atom stereocenters. The molecule has 3 aliphatic rings. The Morgan fingerprint density at radius 3 is 2.87 bits per heavy atom. The molecule has 1 saturated heterocycles. The number of rotatable bonds is 7. The molecule has 2 aliphatic carbocycles. The molecule has 0 aromatic carbocycles. The quantitative estimate of drug-likeness (QED) is 0.717. The summed E-state index contributed by atoms with van der Waals surface area (Å²) in [4.78, 5) is 21.6. The molecule has 8 heteroatoms.